The summed E-state index contributed by atoms with van der Waals surface area (Å²) in [5, 5.41) is 5.47. The molecule has 0 bridgehead atoms. The van der Waals surface area contributed by atoms with Crippen molar-refractivity contribution in [3.05, 3.63) is 126 Å². The summed E-state index contributed by atoms with van der Waals surface area (Å²) in [4.78, 5) is 10.9. The molecule has 4 aromatic rings. The van der Waals surface area contributed by atoms with Crippen molar-refractivity contribution in [3.63, 3.8) is 0 Å². The quantitative estimate of drug-likeness (QED) is 0.0587. The standard InChI is InChI=1S/C34H28Cl2IN2O4/c1-2-5-30(42-19-40)22-7-3-6-21(14-22)23-16-34(38,17-23)26-13-12-24(15-29(26)37)41-18-25-32(39-43-33(25)20-10-11-20)31-27(35)8-4-9-28(31)36/h2-4,6-15,19-20,23,35H,16-18,38H2,1H3/q+1. The van der Waals surface area contributed by atoms with E-state index in [-0.39, 0.29) is 12.5 Å². The molecule has 9 heteroatoms. The van der Waals surface area contributed by atoms with Gasteiger partial charge in [-0.15, -0.1) is 0 Å². The SMILES string of the molecule is CC=C=C(OC=O)c1cccc(C2CC(N)(c3ccc(OCc4c(-c5c(Cl)cccc5[ClH+])noc4C4C=C4)cc3I)C2)c1. The molecule has 6 rings (SSSR count). The van der Waals surface area contributed by atoms with Crippen LogP contribution in [-0.2, 0) is 21.7 Å². The van der Waals surface area contributed by atoms with Crippen molar-refractivity contribution in [3.8, 4) is 17.0 Å². The van der Waals surface area contributed by atoms with E-state index in [2.05, 4.69) is 45.6 Å². The number of nitrogens with zero attached hydrogens (tertiary/aromatic N) is 1. The molecular formula is C34H28Cl2IN2O4+. The van der Waals surface area contributed by atoms with Crippen molar-refractivity contribution < 1.29 is 30.4 Å². The molecule has 0 amide bonds. The van der Waals surface area contributed by atoms with Gasteiger partial charge in [0.05, 0.1) is 22.1 Å². The van der Waals surface area contributed by atoms with Crippen LogP contribution in [0.5, 0.6) is 5.75 Å². The number of allylic oxidation sites excluding steroid dienone is 3. The number of ether oxygens (including phenoxy) is 2. The molecule has 0 radical (unpaired) electrons. The summed E-state index contributed by atoms with van der Waals surface area (Å²) in [6.07, 6.45) is 7.41. The number of carbonyl (C=O) groups excluding carboxylic acids is 1. The molecule has 1 aromatic heterocycles. The molecule has 2 aliphatic carbocycles. The zero-order chi connectivity index (χ0) is 30.1. The van der Waals surface area contributed by atoms with Crippen molar-refractivity contribution >= 4 is 46.4 Å². The lowest BCUT2D eigenvalue weighted by Gasteiger charge is -2.46. The third-order valence-corrected chi connectivity index (χ3v) is 9.41. The van der Waals surface area contributed by atoms with Gasteiger partial charge in [0.25, 0.3) is 6.47 Å². The van der Waals surface area contributed by atoms with Gasteiger partial charge in [0.15, 0.2) is 23.1 Å². The number of benzene rings is 3. The Morgan fingerprint density at radius 3 is 2.70 bits per heavy atom. The molecule has 0 saturated heterocycles. The van der Waals surface area contributed by atoms with Crippen molar-refractivity contribution in [2.75, 3.05) is 0 Å². The fourth-order valence-corrected chi connectivity index (χ4v) is 7.23. The van der Waals surface area contributed by atoms with E-state index < -0.39 is 5.54 Å². The zero-order valence-corrected chi connectivity index (χ0v) is 26.9. The first kappa shape index (κ1) is 29.7. The van der Waals surface area contributed by atoms with E-state index in [0.717, 1.165) is 50.2 Å². The Morgan fingerprint density at radius 1 is 1.21 bits per heavy atom. The molecule has 218 valence electrons. The van der Waals surface area contributed by atoms with Gasteiger partial charge in [-0.25, -0.2) is 0 Å². The van der Waals surface area contributed by atoms with Gasteiger partial charge in [0, 0.05) is 20.7 Å². The Balaban J connectivity index is 1.17. The monoisotopic (exact) mass is 725 g/mol. The first-order valence-electron chi connectivity index (χ1n) is 13.8. The van der Waals surface area contributed by atoms with E-state index in [0.29, 0.717) is 39.5 Å². The molecule has 1 heterocycles. The number of nitrogens with two attached hydrogens (primary N) is 1. The highest BCUT2D eigenvalue weighted by Gasteiger charge is 2.44. The number of carbonyl (C=O) groups is 1. The van der Waals surface area contributed by atoms with Crippen LogP contribution in [0.25, 0.3) is 17.0 Å². The maximum absolute atomic E-state index is 10.9. The van der Waals surface area contributed by atoms with Crippen LogP contribution in [0.15, 0.2) is 89.1 Å². The second-order valence-corrected chi connectivity index (χ2v) is 12.7. The average Bonchev–Trinajstić information content (AvgIpc) is 3.74. The van der Waals surface area contributed by atoms with Crippen molar-refractivity contribution in [2.24, 2.45) is 5.73 Å². The highest BCUT2D eigenvalue weighted by atomic mass is 127. The highest BCUT2D eigenvalue weighted by Crippen LogP contribution is 2.50. The molecule has 0 atom stereocenters. The van der Waals surface area contributed by atoms with Gasteiger partial charge in [-0.05, 0) is 89.7 Å². The van der Waals surface area contributed by atoms with Crippen molar-refractivity contribution in [1.82, 2.24) is 5.16 Å². The van der Waals surface area contributed by atoms with Crippen LogP contribution in [0.2, 0.25) is 10.0 Å². The molecule has 43 heavy (non-hydrogen) atoms. The first-order valence-corrected chi connectivity index (χ1v) is 15.6. The summed E-state index contributed by atoms with van der Waals surface area (Å²) in [6.45, 7) is 2.51. The summed E-state index contributed by atoms with van der Waals surface area (Å²) in [5.41, 5.74) is 14.6. The number of hydrogen-bond acceptors (Lipinski definition) is 6. The molecule has 0 unspecified atom stereocenters. The van der Waals surface area contributed by atoms with Crippen LogP contribution in [-0.4, -0.2) is 11.6 Å². The summed E-state index contributed by atoms with van der Waals surface area (Å²) in [5.74, 6) is 2.26. The summed E-state index contributed by atoms with van der Waals surface area (Å²) < 4.78 is 18.2. The Hall–Kier alpha value is -3.33. The first-order chi connectivity index (χ1) is 20.8. The van der Waals surface area contributed by atoms with Crippen LogP contribution >= 0.6 is 34.2 Å². The lowest BCUT2D eigenvalue weighted by Crippen LogP contribution is -2.48. The molecule has 1 saturated carbocycles. The largest absolute Gasteiger partial charge is 0.489 e. The van der Waals surface area contributed by atoms with Gasteiger partial charge in [0.1, 0.15) is 18.1 Å². The maximum Gasteiger partial charge on any atom is 0.299 e. The van der Waals surface area contributed by atoms with E-state index in [1.54, 1.807) is 12.1 Å². The second kappa shape index (κ2) is 12.3. The predicted molar refractivity (Wildman–Crippen MR) is 171 cm³/mol. The Bertz CT molecular complexity index is 1780. The number of aromatic nitrogens is 1. The van der Waals surface area contributed by atoms with E-state index in [9.17, 15) is 4.79 Å². The highest BCUT2D eigenvalue weighted by molar-refractivity contribution is 14.1. The minimum absolute atomic E-state index is 0.103. The summed E-state index contributed by atoms with van der Waals surface area (Å²) in [6, 6.07) is 19.5. The average molecular weight is 726 g/mol. The number of rotatable bonds is 10. The van der Waals surface area contributed by atoms with E-state index in [1.807, 2.05) is 61.5 Å². The molecule has 2 N–H and O–H groups in total. The topological polar surface area (TPSA) is 87.6 Å². The fraction of sp³-hybridized carbons (Fsp3) is 0.206. The molecular weight excluding hydrogens is 698 g/mol. The van der Waals surface area contributed by atoms with Gasteiger partial charge < -0.3 is 19.7 Å². The normalized spacial score (nSPS) is 18.9. The summed E-state index contributed by atoms with van der Waals surface area (Å²) >= 11 is 14.4. The Kier molecular flexibility index (Phi) is 8.54. The van der Waals surface area contributed by atoms with Crippen molar-refractivity contribution in [2.45, 2.75) is 43.7 Å². The third kappa shape index (κ3) is 6.06. The maximum atomic E-state index is 10.9. The van der Waals surface area contributed by atoms with Gasteiger partial charge in [-0.2, -0.15) is 0 Å². The van der Waals surface area contributed by atoms with Crippen LogP contribution in [0.1, 0.15) is 59.6 Å². The summed E-state index contributed by atoms with van der Waals surface area (Å²) in [7, 11) is 0. The zero-order valence-electron chi connectivity index (χ0n) is 23.2. The van der Waals surface area contributed by atoms with E-state index in [4.69, 9.17) is 42.9 Å². The van der Waals surface area contributed by atoms with E-state index in [1.165, 1.54) is 0 Å². The van der Waals surface area contributed by atoms with E-state index >= 15 is 0 Å². The minimum atomic E-state index is -0.451. The van der Waals surface area contributed by atoms with Crippen LogP contribution in [0, 0.1) is 15.2 Å². The van der Waals surface area contributed by atoms with Crippen LogP contribution in [0.3, 0.4) is 0 Å². The molecule has 2 aliphatic rings. The molecule has 1 fully saturated rings. The second-order valence-electron chi connectivity index (χ2n) is 10.7. The lowest BCUT2D eigenvalue weighted by atomic mass is 9.63. The van der Waals surface area contributed by atoms with Gasteiger partial charge in [-0.3, -0.25) is 4.79 Å². The lowest BCUT2D eigenvalue weighted by molar-refractivity contribution is -0.287. The molecule has 6 nitrogen and oxygen atoms in total. The van der Waals surface area contributed by atoms with Gasteiger partial charge >= 0.3 is 0 Å². The van der Waals surface area contributed by atoms with Crippen LogP contribution < -0.4 is 10.5 Å². The number of halogens is 3. The molecule has 0 spiro atoms. The Labute approximate surface area is 273 Å². The predicted octanol–water partition coefficient (Wildman–Crippen LogP) is 7.95. The smallest absolute Gasteiger partial charge is 0.299 e. The van der Waals surface area contributed by atoms with Gasteiger partial charge in [0.2, 0.25) is 5.02 Å². The van der Waals surface area contributed by atoms with Crippen LogP contribution in [0.4, 0.5) is 0 Å². The Morgan fingerprint density at radius 2 is 2.00 bits per heavy atom. The number of hydrogen-bond donors (Lipinski definition) is 1. The molecule has 0 aliphatic heterocycles. The van der Waals surface area contributed by atoms with Crippen molar-refractivity contribution in [1.29, 1.82) is 0 Å². The fourth-order valence-electron chi connectivity index (χ4n) is 5.60. The molecule has 3 aromatic carbocycles. The van der Waals surface area contributed by atoms with Gasteiger partial charge in [-0.1, -0.05) is 65.0 Å². The minimum Gasteiger partial charge on any atom is -0.489 e. The third-order valence-electron chi connectivity index (χ3n) is 7.86.